The van der Waals surface area contributed by atoms with Gasteiger partial charge in [0.1, 0.15) is 41.5 Å². The number of hydrazine groups is 1. The predicted molar refractivity (Wildman–Crippen MR) is 226 cm³/mol. The van der Waals surface area contributed by atoms with E-state index in [4.69, 9.17) is 9.47 Å². The molecule has 0 aliphatic carbocycles. The minimum absolute atomic E-state index is 0.0415. The topological polar surface area (TPSA) is 221 Å². The van der Waals surface area contributed by atoms with E-state index >= 15 is 0 Å². The summed E-state index contributed by atoms with van der Waals surface area (Å²) in [6.07, 6.45) is 7.91. The van der Waals surface area contributed by atoms with E-state index in [0.717, 1.165) is 0 Å². The highest BCUT2D eigenvalue weighted by Gasteiger charge is 2.39. The van der Waals surface area contributed by atoms with Crippen LogP contribution in [-0.4, -0.2) is 92.7 Å². The summed E-state index contributed by atoms with van der Waals surface area (Å²) in [5, 5.41) is 39.6. The zero-order valence-corrected chi connectivity index (χ0v) is 35.2. The van der Waals surface area contributed by atoms with Gasteiger partial charge in [0.15, 0.2) is 0 Å². The summed E-state index contributed by atoms with van der Waals surface area (Å²) in [6.45, 7) is 8.18. The first-order valence-corrected chi connectivity index (χ1v) is 20.5. The van der Waals surface area contributed by atoms with E-state index in [9.17, 15) is 44.1 Å². The minimum Gasteiger partial charge on any atom is -0.508 e. The van der Waals surface area contributed by atoms with Crippen LogP contribution in [0.15, 0.2) is 103 Å². The second-order valence-corrected chi connectivity index (χ2v) is 15.7. The molecule has 15 heteroatoms. The molecule has 2 bridgehead atoms. The fourth-order valence-electron chi connectivity index (χ4n) is 6.88. The van der Waals surface area contributed by atoms with Crippen LogP contribution in [0.1, 0.15) is 78.3 Å². The molecule has 2 aliphatic heterocycles. The molecule has 4 rings (SSSR count). The zero-order valence-electron chi connectivity index (χ0n) is 35.2. The van der Waals surface area contributed by atoms with Gasteiger partial charge in [-0.05, 0) is 74.4 Å². The first-order chi connectivity index (χ1) is 29.0. The van der Waals surface area contributed by atoms with Crippen molar-refractivity contribution in [3.63, 3.8) is 0 Å². The van der Waals surface area contributed by atoms with E-state index in [1.807, 2.05) is 0 Å². The summed E-state index contributed by atoms with van der Waals surface area (Å²) in [5.74, 6) is -6.00. The number of nitrogens with one attached hydrogen (secondary N) is 3. The Morgan fingerprint density at radius 3 is 2.41 bits per heavy atom. The van der Waals surface area contributed by atoms with E-state index in [1.54, 1.807) is 88.4 Å². The molecule has 61 heavy (non-hydrogen) atoms. The summed E-state index contributed by atoms with van der Waals surface area (Å²) < 4.78 is 11.3. The van der Waals surface area contributed by atoms with Crippen molar-refractivity contribution >= 4 is 35.4 Å². The number of para-hydroxylation sites is 1. The maximum atomic E-state index is 14.3. The number of allylic oxidation sites excluding steroid dienone is 4. The van der Waals surface area contributed by atoms with Crippen molar-refractivity contribution in [3.05, 3.63) is 108 Å². The van der Waals surface area contributed by atoms with E-state index in [-0.39, 0.29) is 42.9 Å². The Balaban J connectivity index is 1.71. The van der Waals surface area contributed by atoms with Gasteiger partial charge in [-0.2, -0.15) is 0 Å². The number of phenols is 1. The smallest absolute Gasteiger partial charge is 0.336 e. The lowest BCUT2D eigenvalue weighted by Crippen LogP contribution is -2.59. The average Bonchev–Trinajstić information content (AvgIpc) is 3.23. The lowest BCUT2D eigenvalue weighted by molar-refractivity contribution is -0.156. The second-order valence-electron chi connectivity index (χ2n) is 15.7. The highest BCUT2D eigenvalue weighted by molar-refractivity contribution is 5.93. The molecular weight excluding hydrogens is 785 g/mol. The number of ketones is 1. The van der Waals surface area contributed by atoms with Gasteiger partial charge in [-0.1, -0.05) is 87.6 Å². The maximum Gasteiger partial charge on any atom is 0.336 e. The second kappa shape index (κ2) is 23.2. The van der Waals surface area contributed by atoms with Crippen molar-refractivity contribution in [2.75, 3.05) is 6.54 Å². The Morgan fingerprint density at radius 2 is 1.72 bits per heavy atom. The number of fused-ring (bicyclic) bond motifs is 2. The van der Waals surface area contributed by atoms with Crippen LogP contribution < -0.4 is 20.8 Å². The van der Waals surface area contributed by atoms with Crippen LogP contribution in [-0.2, 0) is 33.5 Å². The Labute approximate surface area is 356 Å². The molecule has 2 aromatic rings. The van der Waals surface area contributed by atoms with Gasteiger partial charge in [-0.3, -0.25) is 24.2 Å². The van der Waals surface area contributed by atoms with Crippen LogP contribution in [0.25, 0.3) is 0 Å². The van der Waals surface area contributed by atoms with E-state index < -0.39 is 83.9 Å². The summed E-state index contributed by atoms with van der Waals surface area (Å²) >= 11 is 0. The van der Waals surface area contributed by atoms with E-state index in [1.165, 1.54) is 48.4 Å². The normalized spacial score (nSPS) is 27.5. The highest BCUT2D eigenvalue weighted by atomic mass is 16.5. The number of amides is 3. The Morgan fingerprint density at radius 1 is 0.984 bits per heavy atom. The molecule has 2 heterocycles. The van der Waals surface area contributed by atoms with Crippen molar-refractivity contribution in [1.29, 1.82) is 0 Å². The lowest BCUT2D eigenvalue weighted by Gasteiger charge is -2.36. The molecule has 0 aromatic heterocycles. The number of aromatic hydroxyl groups is 1. The van der Waals surface area contributed by atoms with Gasteiger partial charge >= 0.3 is 11.9 Å². The maximum absolute atomic E-state index is 14.3. The predicted octanol–water partition coefficient (Wildman–Crippen LogP) is 4.07. The van der Waals surface area contributed by atoms with Crippen molar-refractivity contribution < 1.29 is 53.6 Å². The fraction of sp³-hybridized carbons (Fsp3) is 0.435. The highest BCUT2D eigenvalue weighted by Crippen LogP contribution is 2.26. The third-order valence-electron chi connectivity index (χ3n) is 10.6. The van der Waals surface area contributed by atoms with Crippen LogP contribution in [0.3, 0.4) is 0 Å². The number of rotatable bonds is 9. The fourth-order valence-corrected chi connectivity index (χ4v) is 6.88. The number of hydrogen-bond donors (Lipinski definition) is 6. The number of aliphatic hydroxyl groups excluding tert-OH is 2. The quantitative estimate of drug-likeness (QED) is 0.0911. The number of cyclic esters (lactones) is 1. The van der Waals surface area contributed by atoms with Crippen LogP contribution in [0.4, 0.5) is 0 Å². The number of phenolic OH excluding ortho intramolecular Hbond substituents is 1. The van der Waals surface area contributed by atoms with Gasteiger partial charge in [-0.15, -0.1) is 0 Å². The molecular formula is C46H58N4O11. The summed E-state index contributed by atoms with van der Waals surface area (Å²) in [5.41, 5.74) is 3.76. The van der Waals surface area contributed by atoms with Crippen LogP contribution in [0.5, 0.6) is 11.5 Å². The van der Waals surface area contributed by atoms with Gasteiger partial charge < -0.3 is 40.2 Å². The summed E-state index contributed by atoms with van der Waals surface area (Å²) in [7, 11) is 0. The largest absolute Gasteiger partial charge is 0.508 e. The third kappa shape index (κ3) is 14.4. The molecule has 328 valence electrons. The third-order valence-corrected chi connectivity index (χ3v) is 10.6. The van der Waals surface area contributed by atoms with Crippen molar-refractivity contribution in [2.45, 2.75) is 103 Å². The summed E-state index contributed by atoms with van der Waals surface area (Å²) in [4.78, 5) is 80.6. The van der Waals surface area contributed by atoms with Crippen molar-refractivity contribution in [2.24, 2.45) is 17.8 Å². The van der Waals surface area contributed by atoms with Gasteiger partial charge in [-0.25, -0.2) is 10.2 Å². The number of carbonyl (C=O) groups excluding carboxylic acids is 6. The van der Waals surface area contributed by atoms with Crippen LogP contribution in [0, 0.1) is 17.8 Å². The number of carbonyl (C=O) groups is 6. The number of benzene rings is 2. The van der Waals surface area contributed by atoms with Gasteiger partial charge in [0.05, 0.1) is 18.1 Å². The van der Waals surface area contributed by atoms with Gasteiger partial charge in [0, 0.05) is 31.4 Å². The molecule has 3 amide bonds. The van der Waals surface area contributed by atoms with Crippen LogP contribution >= 0.6 is 0 Å². The molecule has 2 aromatic carbocycles. The molecule has 0 radical (unpaired) electrons. The van der Waals surface area contributed by atoms with E-state index in [2.05, 4.69) is 16.1 Å². The first kappa shape index (κ1) is 47.8. The SMILES string of the molecule is CC(=O)CC[C@H]1C(=O)N[C@@H](C(C)C)C(=O)NC(c2cccc(O)c2)C(=O)N2CCCC(N2)C(=O)O[C@H](/C(C)=C/C=C/C(=O)Oc2ccccc2)C/C=C/C=C/[C@H](O)[C@H](C)[C@H]1O. The van der Waals surface area contributed by atoms with Crippen molar-refractivity contribution in [3.8, 4) is 11.5 Å². The molecule has 8 atom stereocenters. The summed E-state index contributed by atoms with van der Waals surface area (Å²) in [6, 6.07) is 10.8. The van der Waals surface area contributed by atoms with Crippen LogP contribution in [0.2, 0.25) is 0 Å². The molecule has 1 fully saturated rings. The van der Waals surface area contributed by atoms with Gasteiger partial charge in [0.25, 0.3) is 5.91 Å². The molecule has 15 nitrogen and oxygen atoms in total. The number of aliphatic hydroxyl groups is 2. The van der Waals surface area contributed by atoms with E-state index in [0.29, 0.717) is 24.2 Å². The molecule has 2 unspecified atom stereocenters. The number of ether oxygens (including phenoxy) is 2. The van der Waals surface area contributed by atoms with Gasteiger partial charge in [0.2, 0.25) is 11.8 Å². The molecule has 0 spiro atoms. The Kier molecular flexibility index (Phi) is 18.2. The molecule has 0 saturated carbocycles. The Bertz CT molecular complexity index is 1980. The standard InChI is InChI=1S/C46H58N4O11/c1-28(2)40-44(57)48-41(32-16-13-17-33(52)27-32)45(58)50-26-14-20-36(49-50)46(59)61-38(29(3)15-12-23-39(54)60-34-18-8-6-9-19-34)22-11-7-10-21-37(53)31(5)42(55)35(43(56)47-40)25-24-30(4)51/h6-13,15-19,21,23,27-28,31,35-38,40-42,49,52-53,55H,14,20,22,24-26H2,1-5H3,(H,47,56)(H,48,57)/b11-7+,21-10+,23-12+,29-15+/t31-,35+,36?,37-,38-,40-,41?,42+/m0/s1. The van der Waals surface area contributed by atoms with Crippen molar-refractivity contribution in [1.82, 2.24) is 21.1 Å². The zero-order chi connectivity index (χ0) is 44.6. The number of Topliss-reactive ketones (excluding diaryl/α,β-unsaturated/α-hetero) is 1. The number of esters is 2. The average molecular weight is 843 g/mol. The number of hydrogen-bond acceptors (Lipinski definition) is 12. The number of nitrogens with zero attached hydrogens (tertiary/aromatic N) is 1. The monoisotopic (exact) mass is 842 g/mol. The minimum atomic E-state index is -1.44. The molecule has 6 N–H and O–H groups in total. The molecule has 1 saturated heterocycles. The molecule has 2 aliphatic rings. The first-order valence-electron chi connectivity index (χ1n) is 20.5. The lowest BCUT2D eigenvalue weighted by atomic mass is 9.84. The Hall–Kier alpha value is -5.90.